The van der Waals surface area contributed by atoms with Gasteiger partial charge in [0.15, 0.2) is 0 Å². The Morgan fingerprint density at radius 3 is 2.55 bits per heavy atom. The van der Waals surface area contributed by atoms with Gasteiger partial charge < -0.3 is 15.2 Å². The molecule has 0 aliphatic carbocycles. The van der Waals surface area contributed by atoms with Gasteiger partial charge in [-0.25, -0.2) is 9.59 Å². The van der Waals surface area contributed by atoms with E-state index in [0.717, 1.165) is 11.6 Å². The third-order valence-electron chi connectivity index (χ3n) is 2.54. The Morgan fingerprint density at radius 1 is 1.30 bits per heavy atom. The van der Waals surface area contributed by atoms with Crippen molar-refractivity contribution in [2.45, 2.75) is 32.4 Å². The zero-order valence-corrected chi connectivity index (χ0v) is 11.6. The molecule has 2 N–H and O–H groups in total. The Balaban J connectivity index is 2.38. The normalized spacial score (nSPS) is 11.3. The number of hydrogen-bond acceptors (Lipinski definition) is 3. The second-order valence-corrected chi connectivity index (χ2v) is 5.02. The van der Waals surface area contributed by atoms with Crippen LogP contribution in [-0.2, 0) is 16.1 Å². The van der Waals surface area contributed by atoms with Gasteiger partial charge in [0.05, 0.1) is 0 Å². The zero-order chi connectivity index (χ0) is 15.0. The molecule has 20 heavy (non-hydrogen) atoms. The van der Waals surface area contributed by atoms with Crippen molar-refractivity contribution < 1.29 is 19.4 Å². The van der Waals surface area contributed by atoms with Gasteiger partial charge >= 0.3 is 12.1 Å². The van der Waals surface area contributed by atoms with E-state index in [1.165, 1.54) is 6.08 Å². The first kappa shape index (κ1) is 15.8. The molecule has 108 valence electrons. The molecule has 5 heteroatoms. The van der Waals surface area contributed by atoms with Gasteiger partial charge in [0.2, 0.25) is 0 Å². The Labute approximate surface area is 118 Å². The van der Waals surface area contributed by atoms with E-state index in [4.69, 9.17) is 9.84 Å². The maximum Gasteiger partial charge on any atom is 0.407 e. The van der Waals surface area contributed by atoms with Crippen molar-refractivity contribution in [2.24, 2.45) is 0 Å². The third kappa shape index (κ3) is 6.58. The molecule has 0 heterocycles. The van der Waals surface area contributed by atoms with Crippen LogP contribution in [-0.4, -0.2) is 22.7 Å². The molecule has 0 aliphatic heterocycles. The summed E-state index contributed by atoms with van der Waals surface area (Å²) in [5, 5.41) is 11.2. The number of nitrogens with one attached hydrogen (secondary N) is 1. The summed E-state index contributed by atoms with van der Waals surface area (Å²) in [6, 6.07) is 9.37. The lowest BCUT2D eigenvalue weighted by Gasteiger charge is -2.24. The van der Waals surface area contributed by atoms with Crippen LogP contribution in [0, 0.1) is 0 Å². The minimum Gasteiger partial charge on any atom is -0.478 e. The van der Waals surface area contributed by atoms with E-state index in [1.54, 1.807) is 13.8 Å². The molecule has 0 saturated carbocycles. The monoisotopic (exact) mass is 277 g/mol. The lowest BCUT2D eigenvalue weighted by Crippen LogP contribution is -2.43. The van der Waals surface area contributed by atoms with Crippen molar-refractivity contribution in [3.63, 3.8) is 0 Å². The van der Waals surface area contributed by atoms with Gasteiger partial charge in [0.25, 0.3) is 0 Å². The predicted octanol–water partition coefficient (Wildman–Crippen LogP) is 2.72. The number of carboxylic acids is 1. The third-order valence-corrected chi connectivity index (χ3v) is 2.54. The van der Waals surface area contributed by atoms with Crippen LogP contribution in [0.1, 0.15) is 25.8 Å². The van der Waals surface area contributed by atoms with Gasteiger partial charge in [-0.05, 0) is 25.8 Å². The van der Waals surface area contributed by atoms with Crippen molar-refractivity contribution in [2.75, 3.05) is 0 Å². The summed E-state index contributed by atoms with van der Waals surface area (Å²) in [7, 11) is 0. The highest BCUT2D eigenvalue weighted by molar-refractivity contribution is 5.79. The van der Waals surface area contributed by atoms with Crippen molar-refractivity contribution in [1.29, 1.82) is 0 Å². The van der Waals surface area contributed by atoms with E-state index in [2.05, 4.69) is 5.32 Å². The molecule has 1 rings (SSSR count). The van der Waals surface area contributed by atoms with Gasteiger partial charge in [-0.2, -0.15) is 0 Å². The molecule has 0 aromatic heterocycles. The van der Waals surface area contributed by atoms with Crippen LogP contribution >= 0.6 is 0 Å². The number of amides is 1. The largest absolute Gasteiger partial charge is 0.478 e. The number of carboxylic acid groups (broad SMARTS) is 1. The Morgan fingerprint density at radius 2 is 1.95 bits per heavy atom. The molecule has 0 aliphatic rings. The number of aliphatic carboxylic acids is 1. The van der Waals surface area contributed by atoms with Crippen LogP contribution in [0.15, 0.2) is 42.5 Å². The first-order valence-electron chi connectivity index (χ1n) is 6.27. The standard InChI is InChI=1S/C15H19NO4/c1-15(2,10-6-9-13(17)18)16-14(19)20-11-12-7-4-3-5-8-12/h3-9H,10-11H2,1-2H3,(H,16,19)(H,17,18)/b9-6+. The van der Waals surface area contributed by atoms with Crippen LogP contribution in [0.3, 0.4) is 0 Å². The van der Waals surface area contributed by atoms with Gasteiger partial charge in [-0.15, -0.1) is 0 Å². The number of rotatable bonds is 6. The summed E-state index contributed by atoms with van der Waals surface area (Å²) < 4.78 is 5.10. The number of benzene rings is 1. The van der Waals surface area contributed by atoms with Crippen molar-refractivity contribution in [1.82, 2.24) is 5.32 Å². The summed E-state index contributed by atoms with van der Waals surface area (Å²) in [5.74, 6) is -1.01. The average Bonchev–Trinajstić information content (AvgIpc) is 2.36. The molecule has 0 atom stereocenters. The van der Waals surface area contributed by atoms with Crippen LogP contribution in [0.2, 0.25) is 0 Å². The van der Waals surface area contributed by atoms with Gasteiger partial charge in [-0.3, -0.25) is 0 Å². The first-order valence-corrected chi connectivity index (χ1v) is 6.27. The van der Waals surface area contributed by atoms with Crippen LogP contribution in [0.5, 0.6) is 0 Å². The van der Waals surface area contributed by atoms with E-state index in [-0.39, 0.29) is 6.61 Å². The fourth-order valence-corrected chi connectivity index (χ4v) is 1.54. The minimum atomic E-state index is -1.01. The van der Waals surface area contributed by atoms with Crippen LogP contribution in [0.4, 0.5) is 4.79 Å². The number of ether oxygens (including phenoxy) is 1. The molecule has 0 bridgehead atoms. The fourth-order valence-electron chi connectivity index (χ4n) is 1.54. The maximum atomic E-state index is 11.7. The van der Waals surface area contributed by atoms with E-state index >= 15 is 0 Å². The second kappa shape index (κ2) is 7.33. The number of carbonyl (C=O) groups excluding carboxylic acids is 1. The minimum absolute atomic E-state index is 0.202. The Bertz CT molecular complexity index is 480. The lowest BCUT2D eigenvalue weighted by atomic mass is 10.0. The van der Waals surface area contributed by atoms with Gasteiger partial charge in [0, 0.05) is 11.6 Å². The van der Waals surface area contributed by atoms with Crippen molar-refractivity contribution >= 4 is 12.1 Å². The SMILES string of the molecule is CC(C)(C/C=C/C(=O)O)NC(=O)OCc1ccccc1. The van der Waals surface area contributed by atoms with E-state index < -0.39 is 17.6 Å². The molecule has 1 amide bonds. The molecule has 0 spiro atoms. The molecule has 0 unspecified atom stereocenters. The highest BCUT2D eigenvalue weighted by atomic mass is 16.5. The zero-order valence-electron chi connectivity index (χ0n) is 11.6. The van der Waals surface area contributed by atoms with E-state index in [1.807, 2.05) is 30.3 Å². The summed E-state index contributed by atoms with van der Waals surface area (Å²) in [6.07, 6.45) is 2.43. The highest BCUT2D eigenvalue weighted by Crippen LogP contribution is 2.10. The molecule has 1 aromatic carbocycles. The molecule has 0 saturated heterocycles. The second-order valence-electron chi connectivity index (χ2n) is 5.02. The fraction of sp³-hybridized carbons (Fsp3) is 0.333. The van der Waals surface area contributed by atoms with E-state index in [0.29, 0.717) is 6.42 Å². The number of hydrogen-bond donors (Lipinski definition) is 2. The Kier molecular flexibility index (Phi) is 5.77. The molecule has 0 fully saturated rings. The molecule has 0 radical (unpaired) electrons. The Hall–Kier alpha value is -2.30. The molecule has 5 nitrogen and oxygen atoms in total. The van der Waals surface area contributed by atoms with Crippen LogP contribution in [0.25, 0.3) is 0 Å². The van der Waals surface area contributed by atoms with Gasteiger partial charge in [0.1, 0.15) is 6.61 Å². The average molecular weight is 277 g/mol. The molecular weight excluding hydrogens is 258 g/mol. The van der Waals surface area contributed by atoms with Crippen molar-refractivity contribution in [3.8, 4) is 0 Å². The van der Waals surface area contributed by atoms with Crippen LogP contribution < -0.4 is 5.32 Å². The highest BCUT2D eigenvalue weighted by Gasteiger charge is 2.19. The van der Waals surface area contributed by atoms with E-state index in [9.17, 15) is 9.59 Å². The summed E-state index contributed by atoms with van der Waals surface area (Å²) in [4.78, 5) is 22.0. The smallest absolute Gasteiger partial charge is 0.407 e. The predicted molar refractivity (Wildman–Crippen MR) is 75.2 cm³/mol. The van der Waals surface area contributed by atoms with Gasteiger partial charge in [-0.1, -0.05) is 36.4 Å². The topological polar surface area (TPSA) is 75.6 Å². The van der Waals surface area contributed by atoms with Crippen molar-refractivity contribution in [3.05, 3.63) is 48.0 Å². The number of alkyl carbamates (subject to hydrolysis) is 1. The first-order chi connectivity index (χ1) is 9.39. The maximum absolute atomic E-state index is 11.7. The molecular formula is C15H19NO4. The summed E-state index contributed by atoms with van der Waals surface area (Å²) >= 11 is 0. The molecule has 1 aromatic rings. The summed E-state index contributed by atoms with van der Waals surface area (Å²) in [6.45, 7) is 3.79. The quantitative estimate of drug-likeness (QED) is 0.784. The lowest BCUT2D eigenvalue weighted by molar-refractivity contribution is -0.131. The summed E-state index contributed by atoms with van der Waals surface area (Å²) in [5.41, 5.74) is 0.339. The number of carbonyl (C=O) groups is 2.